The Kier molecular flexibility index (Phi) is 4.46. The van der Waals surface area contributed by atoms with Crippen LogP contribution in [0.5, 0.6) is 5.75 Å². The smallest absolute Gasteiger partial charge is 0.268 e. The first kappa shape index (κ1) is 16.4. The van der Waals surface area contributed by atoms with Gasteiger partial charge in [0.1, 0.15) is 17.3 Å². The van der Waals surface area contributed by atoms with Crippen molar-refractivity contribution in [2.24, 2.45) is 5.73 Å². The molecule has 0 aliphatic rings. The highest BCUT2D eigenvalue weighted by atomic mass is 35.5. The minimum atomic E-state index is -0.617. The van der Waals surface area contributed by atoms with E-state index in [0.717, 1.165) is 11.4 Å². The lowest BCUT2D eigenvalue weighted by molar-refractivity contribution is 0.0996. The molecule has 7 heteroatoms. The van der Waals surface area contributed by atoms with Gasteiger partial charge >= 0.3 is 0 Å². The van der Waals surface area contributed by atoms with Gasteiger partial charge in [0.15, 0.2) is 0 Å². The van der Waals surface area contributed by atoms with Gasteiger partial charge in [-0.3, -0.25) is 9.36 Å². The van der Waals surface area contributed by atoms with Crippen molar-refractivity contribution in [3.63, 3.8) is 0 Å². The summed E-state index contributed by atoms with van der Waals surface area (Å²) >= 11 is 12.2. The van der Waals surface area contributed by atoms with E-state index < -0.39 is 5.91 Å². The normalized spacial score (nSPS) is 10.6. The molecule has 122 valence electrons. The second-order valence-corrected chi connectivity index (χ2v) is 5.85. The number of halogens is 2. The highest BCUT2D eigenvalue weighted by molar-refractivity contribution is 6.36. The fourth-order valence-electron chi connectivity index (χ4n) is 2.30. The van der Waals surface area contributed by atoms with E-state index >= 15 is 0 Å². The molecule has 1 amide bonds. The van der Waals surface area contributed by atoms with Gasteiger partial charge in [0.05, 0.1) is 12.1 Å². The largest absolute Gasteiger partial charge is 0.497 e. The Labute approximate surface area is 148 Å². The molecule has 0 bridgehead atoms. The average Bonchev–Trinajstić information content (AvgIpc) is 3.00. The minimum Gasteiger partial charge on any atom is -0.497 e. The van der Waals surface area contributed by atoms with E-state index in [1.807, 2.05) is 24.3 Å². The fourth-order valence-corrected chi connectivity index (χ4v) is 2.79. The molecule has 2 N–H and O–H groups in total. The quantitative estimate of drug-likeness (QED) is 0.764. The Morgan fingerprint density at radius 2 is 1.88 bits per heavy atom. The molecule has 5 nitrogen and oxygen atoms in total. The van der Waals surface area contributed by atoms with E-state index in [4.69, 9.17) is 33.7 Å². The molecule has 0 aliphatic heterocycles. The molecule has 0 saturated carbocycles. The molecule has 3 aromatic rings. The number of primary amides is 1. The summed E-state index contributed by atoms with van der Waals surface area (Å²) in [4.78, 5) is 15.9. The van der Waals surface area contributed by atoms with E-state index in [1.165, 1.54) is 0 Å². The summed E-state index contributed by atoms with van der Waals surface area (Å²) in [5.41, 5.74) is 6.95. The summed E-state index contributed by atoms with van der Waals surface area (Å²) in [7, 11) is 1.59. The molecule has 1 heterocycles. The van der Waals surface area contributed by atoms with Crippen LogP contribution in [-0.2, 0) is 0 Å². The molecule has 0 spiro atoms. The van der Waals surface area contributed by atoms with Gasteiger partial charge in [-0.2, -0.15) is 0 Å². The molecule has 0 saturated heterocycles. The molecular formula is C17H13Cl2N3O2. The SMILES string of the molecule is COc1ccc(-n2cc(C(N)=O)nc2-c2ccc(Cl)cc2Cl)cc1. The Hall–Kier alpha value is -2.50. The maximum atomic E-state index is 11.5. The third-order valence-corrected chi connectivity index (χ3v) is 4.03. The van der Waals surface area contributed by atoms with Gasteiger partial charge in [-0.1, -0.05) is 23.2 Å². The van der Waals surface area contributed by atoms with Crippen LogP contribution in [0.3, 0.4) is 0 Å². The van der Waals surface area contributed by atoms with Gasteiger partial charge in [-0.05, 0) is 42.5 Å². The number of nitrogens with zero attached hydrogens (tertiary/aromatic N) is 2. The van der Waals surface area contributed by atoms with Crippen LogP contribution in [-0.4, -0.2) is 22.6 Å². The van der Waals surface area contributed by atoms with Crippen molar-refractivity contribution in [1.29, 1.82) is 0 Å². The van der Waals surface area contributed by atoms with Crippen molar-refractivity contribution in [1.82, 2.24) is 9.55 Å². The molecule has 3 rings (SSSR count). The lowest BCUT2D eigenvalue weighted by atomic mass is 10.2. The summed E-state index contributed by atoms with van der Waals surface area (Å²) in [6, 6.07) is 12.4. The van der Waals surface area contributed by atoms with E-state index in [-0.39, 0.29) is 5.69 Å². The zero-order valence-electron chi connectivity index (χ0n) is 12.7. The second-order valence-electron chi connectivity index (χ2n) is 5.01. The summed E-state index contributed by atoms with van der Waals surface area (Å²) < 4.78 is 6.91. The molecular weight excluding hydrogens is 349 g/mol. The van der Waals surface area contributed by atoms with Gasteiger partial charge in [-0.25, -0.2) is 4.98 Å². The van der Waals surface area contributed by atoms with Gasteiger partial charge in [-0.15, -0.1) is 0 Å². The number of rotatable bonds is 4. The zero-order valence-corrected chi connectivity index (χ0v) is 14.2. The van der Waals surface area contributed by atoms with Gasteiger partial charge in [0, 0.05) is 22.5 Å². The number of carbonyl (C=O) groups excluding carboxylic acids is 1. The molecule has 0 unspecified atom stereocenters. The van der Waals surface area contributed by atoms with Crippen molar-refractivity contribution in [3.8, 4) is 22.8 Å². The van der Waals surface area contributed by atoms with Crippen LogP contribution in [0.15, 0.2) is 48.7 Å². The Morgan fingerprint density at radius 1 is 1.17 bits per heavy atom. The van der Waals surface area contributed by atoms with Crippen LogP contribution in [0.25, 0.3) is 17.1 Å². The first-order valence-corrected chi connectivity index (χ1v) is 7.74. The van der Waals surface area contributed by atoms with Crippen molar-refractivity contribution >= 4 is 29.1 Å². The van der Waals surface area contributed by atoms with Gasteiger partial charge in [0.2, 0.25) is 0 Å². The predicted octanol–water partition coefficient (Wildman–Crippen LogP) is 3.95. The lowest BCUT2D eigenvalue weighted by Gasteiger charge is -2.10. The summed E-state index contributed by atoms with van der Waals surface area (Å²) in [5.74, 6) is 0.601. The summed E-state index contributed by atoms with van der Waals surface area (Å²) in [6.07, 6.45) is 1.57. The molecule has 1 aromatic heterocycles. The van der Waals surface area contributed by atoms with Crippen molar-refractivity contribution in [2.75, 3.05) is 7.11 Å². The van der Waals surface area contributed by atoms with E-state index in [1.54, 1.807) is 36.1 Å². The highest BCUT2D eigenvalue weighted by Gasteiger charge is 2.17. The molecule has 2 aromatic carbocycles. The van der Waals surface area contributed by atoms with Gasteiger partial charge < -0.3 is 10.5 Å². The van der Waals surface area contributed by atoms with Crippen LogP contribution in [0, 0.1) is 0 Å². The number of hydrogen-bond acceptors (Lipinski definition) is 3. The lowest BCUT2D eigenvalue weighted by Crippen LogP contribution is -2.11. The molecule has 0 radical (unpaired) electrons. The van der Waals surface area contributed by atoms with Crippen molar-refractivity contribution in [3.05, 3.63) is 64.4 Å². The number of nitrogens with two attached hydrogens (primary N) is 1. The van der Waals surface area contributed by atoms with Crippen LogP contribution in [0.1, 0.15) is 10.5 Å². The highest BCUT2D eigenvalue weighted by Crippen LogP contribution is 2.31. The topological polar surface area (TPSA) is 70.1 Å². The molecule has 24 heavy (non-hydrogen) atoms. The van der Waals surface area contributed by atoms with E-state index in [9.17, 15) is 4.79 Å². The van der Waals surface area contributed by atoms with Gasteiger partial charge in [0.25, 0.3) is 5.91 Å². The number of hydrogen-bond donors (Lipinski definition) is 1. The Balaban J connectivity index is 2.18. The summed E-state index contributed by atoms with van der Waals surface area (Å²) in [6.45, 7) is 0. The summed E-state index contributed by atoms with van der Waals surface area (Å²) in [5, 5.41) is 0.945. The van der Waals surface area contributed by atoms with Crippen molar-refractivity contribution in [2.45, 2.75) is 0 Å². The van der Waals surface area contributed by atoms with Crippen LogP contribution >= 0.6 is 23.2 Å². The molecule has 0 atom stereocenters. The number of imidazole rings is 1. The third kappa shape index (κ3) is 3.09. The second kappa shape index (κ2) is 6.55. The number of carbonyl (C=O) groups is 1. The molecule has 0 fully saturated rings. The first-order valence-electron chi connectivity index (χ1n) is 6.98. The number of benzene rings is 2. The van der Waals surface area contributed by atoms with Crippen molar-refractivity contribution < 1.29 is 9.53 Å². The monoisotopic (exact) mass is 361 g/mol. The number of methoxy groups -OCH3 is 1. The Morgan fingerprint density at radius 3 is 2.46 bits per heavy atom. The molecule has 0 aliphatic carbocycles. The van der Waals surface area contributed by atoms with Crippen LogP contribution in [0.2, 0.25) is 10.0 Å². The number of aromatic nitrogens is 2. The standard InChI is InChI=1S/C17H13Cl2N3O2/c1-24-12-5-3-11(4-6-12)22-9-15(16(20)23)21-17(22)13-7-2-10(18)8-14(13)19/h2-9H,1H3,(H2,20,23). The third-order valence-electron chi connectivity index (χ3n) is 3.48. The van der Waals surface area contributed by atoms with E-state index in [2.05, 4.69) is 4.98 Å². The fraction of sp³-hybridized carbons (Fsp3) is 0.0588. The maximum absolute atomic E-state index is 11.5. The Bertz CT molecular complexity index is 905. The number of amides is 1. The van der Waals surface area contributed by atoms with E-state index in [0.29, 0.717) is 21.4 Å². The average molecular weight is 362 g/mol. The minimum absolute atomic E-state index is 0.145. The van der Waals surface area contributed by atoms with Crippen LogP contribution < -0.4 is 10.5 Å². The maximum Gasteiger partial charge on any atom is 0.268 e. The first-order chi connectivity index (χ1) is 11.5. The van der Waals surface area contributed by atoms with Crippen LogP contribution in [0.4, 0.5) is 0 Å². The zero-order chi connectivity index (χ0) is 17.3. The predicted molar refractivity (Wildman–Crippen MR) is 94.1 cm³/mol. The number of ether oxygens (including phenoxy) is 1.